The van der Waals surface area contributed by atoms with Gasteiger partial charge < -0.3 is 27.0 Å². The highest BCUT2D eigenvalue weighted by molar-refractivity contribution is 9.09. The fourth-order valence-corrected chi connectivity index (χ4v) is 2.99. The first kappa shape index (κ1) is 22.2. The summed E-state index contributed by atoms with van der Waals surface area (Å²) in [4.78, 5) is 42.0. The van der Waals surface area contributed by atoms with E-state index in [1.54, 1.807) is 18.3 Å². The maximum atomic E-state index is 12.2. The van der Waals surface area contributed by atoms with Crippen molar-refractivity contribution in [3.05, 3.63) is 41.7 Å². The van der Waals surface area contributed by atoms with Gasteiger partial charge in [-0.15, -0.1) is 0 Å². The molecule has 0 aliphatic carbocycles. The molecule has 2 aromatic heterocycles. The monoisotopic (exact) mass is 487 g/mol. The molecule has 0 aliphatic heterocycles. The van der Waals surface area contributed by atoms with Crippen LogP contribution in [0.15, 0.2) is 30.5 Å². The molecule has 1 aromatic carbocycles. The van der Waals surface area contributed by atoms with Gasteiger partial charge in [-0.05, 0) is 24.3 Å². The SMILES string of the molecule is CN(Cc1cnc2nc(N)nc(N)c2n1)c1ccc(C(=O)NCCNC(=O)CBr)cc1. The molecule has 12 heteroatoms. The van der Waals surface area contributed by atoms with Crippen molar-refractivity contribution in [2.24, 2.45) is 0 Å². The van der Waals surface area contributed by atoms with E-state index in [1.807, 2.05) is 24.1 Å². The number of nitrogen functional groups attached to an aromatic ring is 2. The molecule has 0 radical (unpaired) electrons. The third-order valence-corrected chi connectivity index (χ3v) is 4.83. The van der Waals surface area contributed by atoms with Crippen LogP contribution in [0.1, 0.15) is 16.1 Å². The molecular formula is C19H22BrN9O2. The lowest BCUT2D eigenvalue weighted by molar-refractivity contribution is -0.118. The highest BCUT2D eigenvalue weighted by Gasteiger charge is 2.11. The molecule has 0 saturated carbocycles. The minimum Gasteiger partial charge on any atom is -0.382 e. The Balaban J connectivity index is 1.60. The van der Waals surface area contributed by atoms with E-state index in [2.05, 4.69) is 46.5 Å². The molecule has 162 valence electrons. The van der Waals surface area contributed by atoms with Crippen molar-refractivity contribution in [1.29, 1.82) is 0 Å². The van der Waals surface area contributed by atoms with Gasteiger partial charge in [-0.3, -0.25) is 9.59 Å². The summed E-state index contributed by atoms with van der Waals surface area (Å²) in [6.07, 6.45) is 1.61. The van der Waals surface area contributed by atoms with Gasteiger partial charge in [-0.2, -0.15) is 9.97 Å². The second-order valence-corrected chi connectivity index (χ2v) is 7.20. The zero-order chi connectivity index (χ0) is 22.4. The number of carbonyl (C=O) groups excluding carboxylic acids is 2. The van der Waals surface area contributed by atoms with Crippen molar-refractivity contribution < 1.29 is 9.59 Å². The quantitative estimate of drug-likeness (QED) is 0.260. The van der Waals surface area contributed by atoms with Crippen LogP contribution in [0, 0.1) is 0 Å². The maximum absolute atomic E-state index is 12.2. The van der Waals surface area contributed by atoms with Crippen molar-refractivity contribution in [1.82, 2.24) is 30.6 Å². The summed E-state index contributed by atoms with van der Waals surface area (Å²) in [7, 11) is 1.90. The van der Waals surface area contributed by atoms with Gasteiger partial charge in [-0.25, -0.2) is 9.97 Å². The molecule has 3 rings (SSSR count). The maximum Gasteiger partial charge on any atom is 0.251 e. The molecule has 31 heavy (non-hydrogen) atoms. The first-order valence-corrected chi connectivity index (χ1v) is 10.5. The first-order valence-electron chi connectivity index (χ1n) is 9.34. The number of hydrogen-bond acceptors (Lipinski definition) is 9. The number of anilines is 3. The van der Waals surface area contributed by atoms with Crippen LogP contribution in [0.2, 0.25) is 0 Å². The number of nitrogens with one attached hydrogen (secondary N) is 2. The lowest BCUT2D eigenvalue weighted by Crippen LogP contribution is -2.35. The molecule has 0 atom stereocenters. The number of nitrogens with two attached hydrogens (primary N) is 2. The van der Waals surface area contributed by atoms with Gasteiger partial charge in [0, 0.05) is 31.4 Å². The van der Waals surface area contributed by atoms with Crippen LogP contribution < -0.4 is 27.0 Å². The predicted octanol–water partition coefficient (Wildman–Crippen LogP) is 0.462. The largest absolute Gasteiger partial charge is 0.382 e. The standard InChI is InChI=1S/C19H22BrN9O2/c1-29(10-12-9-25-17-15(26-12)16(21)27-19(22)28-17)13-4-2-11(3-5-13)18(31)24-7-6-23-14(30)8-20/h2-5,9H,6-8,10H2,1H3,(H,23,30)(H,24,31)(H4,21,22,25,27,28). The van der Waals surface area contributed by atoms with E-state index in [1.165, 1.54) is 0 Å². The minimum atomic E-state index is -0.211. The summed E-state index contributed by atoms with van der Waals surface area (Å²) in [5, 5.41) is 5.66. The van der Waals surface area contributed by atoms with Crippen molar-refractivity contribution in [3.63, 3.8) is 0 Å². The van der Waals surface area contributed by atoms with Gasteiger partial charge in [0.1, 0.15) is 0 Å². The van der Waals surface area contributed by atoms with Gasteiger partial charge in [0.15, 0.2) is 17.0 Å². The van der Waals surface area contributed by atoms with Crippen LogP contribution in [0.4, 0.5) is 17.5 Å². The molecule has 6 N–H and O–H groups in total. The smallest absolute Gasteiger partial charge is 0.251 e. The van der Waals surface area contributed by atoms with Gasteiger partial charge in [0.2, 0.25) is 11.9 Å². The number of benzene rings is 1. The molecule has 11 nitrogen and oxygen atoms in total. The summed E-state index contributed by atoms with van der Waals surface area (Å²) in [5.74, 6) is -0.104. The number of hydrogen-bond donors (Lipinski definition) is 4. The van der Waals surface area contributed by atoms with Gasteiger partial charge in [0.25, 0.3) is 5.91 Å². The average Bonchev–Trinajstić information content (AvgIpc) is 2.76. The number of fused-ring (bicyclic) bond motifs is 1. The van der Waals surface area contributed by atoms with Gasteiger partial charge >= 0.3 is 0 Å². The Bertz CT molecular complexity index is 1090. The molecule has 0 unspecified atom stereocenters. The van der Waals surface area contributed by atoms with E-state index in [4.69, 9.17) is 11.5 Å². The fourth-order valence-electron chi connectivity index (χ4n) is 2.79. The van der Waals surface area contributed by atoms with Crippen LogP contribution in [-0.4, -0.2) is 57.2 Å². The van der Waals surface area contributed by atoms with E-state index in [-0.39, 0.29) is 28.9 Å². The topological polar surface area (TPSA) is 165 Å². The van der Waals surface area contributed by atoms with Crippen LogP contribution in [0.3, 0.4) is 0 Å². The zero-order valence-electron chi connectivity index (χ0n) is 16.8. The van der Waals surface area contributed by atoms with Crippen molar-refractivity contribution in [2.45, 2.75) is 6.54 Å². The van der Waals surface area contributed by atoms with Crippen LogP contribution in [-0.2, 0) is 11.3 Å². The third kappa shape index (κ3) is 5.75. The second-order valence-electron chi connectivity index (χ2n) is 6.64. The number of rotatable bonds is 8. The minimum absolute atomic E-state index is 0.0528. The van der Waals surface area contributed by atoms with E-state index in [9.17, 15) is 9.59 Å². The molecule has 0 spiro atoms. The zero-order valence-corrected chi connectivity index (χ0v) is 18.4. The molecular weight excluding hydrogens is 466 g/mol. The van der Waals surface area contributed by atoms with Crippen LogP contribution in [0.25, 0.3) is 11.2 Å². The first-order chi connectivity index (χ1) is 14.9. The second kappa shape index (κ2) is 9.98. The Labute approximate surface area is 186 Å². The predicted molar refractivity (Wildman–Crippen MR) is 122 cm³/mol. The molecule has 0 fully saturated rings. The van der Waals surface area contributed by atoms with Crippen molar-refractivity contribution in [3.8, 4) is 0 Å². The normalized spacial score (nSPS) is 10.6. The number of carbonyl (C=O) groups is 2. The molecule has 0 saturated heterocycles. The molecule has 0 aliphatic rings. The van der Waals surface area contributed by atoms with E-state index < -0.39 is 0 Å². The fraction of sp³-hybridized carbons (Fsp3) is 0.263. The van der Waals surface area contributed by atoms with Crippen LogP contribution >= 0.6 is 15.9 Å². The van der Waals surface area contributed by atoms with E-state index in [0.29, 0.717) is 42.1 Å². The number of halogens is 1. The number of nitrogens with zero attached hydrogens (tertiary/aromatic N) is 5. The molecule has 2 amide bonds. The number of aromatic nitrogens is 4. The van der Waals surface area contributed by atoms with Crippen molar-refractivity contribution in [2.75, 3.05) is 41.8 Å². The summed E-state index contributed by atoms with van der Waals surface area (Å²) in [6.45, 7) is 1.18. The lowest BCUT2D eigenvalue weighted by atomic mass is 10.2. The molecule has 2 heterocycles. The summed E-state index contributed by atoms with van der Waals surface area (Å²) >= 11 is 3.06. The summed E-state index contributed by atoms with van der Waals surface area (Å²) in [6, 6.07) is 7.15. The van der Waals surface area contributed by atoms with Crippen LogP contribution in [0.5, 0.6) is 0 Å². The third-order valence-electron chi connectivity index (χ3n) is 4.32. The number of alkyl halides is 1. The van der Waals surface area contributed by atoms with E-state index in [0.717, 1.165) is 5.69 Å². The lowest BCUT2D eigenvalue weighted by Gasteiger charge is -2.19. The molecule has 3 aromatic rings. The summed E-state index contributed by atoms with van der Waals surface area (Å²) in [5.41, 5.74) is 14.3. The average molecular weight is 488 g/mol. The molecule has 0 bridgehead atoms. The highest BCUT2D eigenvalue weighted by atomic mass is 79.9. The Hall–Kier alpha value is -3.54. The number of amides is 2. The van der Waals surface area contributed by atoms with Gasteiger partial charge in [0.05, 0.1) is 23.8 Å². The Kier molecular flexibility index (Phi) is 7.13. The van der Waals surface area contributed by atoms with Crippen molar-refractivity contribution >= 4 is 56.4 Å². The summed E-state index contributed by atoms with van der Waals surface area (Å²) < 4.78 is 0. The Morgan fingerprint density at radius 2 is 1.77 bits per heavy atom. The van der Waals surface area contributed by atoms with Gasteiger partial charge in [-0.1, -0.05) is 15.9 Å². The highest BCUT2D eigenvalue weighted by Crippen LogP contribution is 2.18. The Morgan fingerprint density at radius 1 is 1.06 bits per heavy atom. The van der Waals surface area contributed by atoms with E-state index >= 15 is 0 Å². The Morgan fingerprint density at radius 3 is 2.48 bits per heavy atom.